The maximum Gasteiger partial charge on any atom is 0.123 e. The summed E-state index contributed by atoms with van der Waals surface area (Å²) in [6.07, 6.45) is 0. The third-order valence-electron chi connectivity index (χ3n) is 1.27. The number of hydrogen-bond acceptors (Lipinski definition) is 3. The van der Waals surface area contributed by atoms with Crippen LogP contribution in [0.4, 0.5) is 0 Å². The van der Waals surface area contributed by atoms with E-state index < -0.39 is 0 Å². The largest absolute Gasteiger partial charge is 0.388 e. The van der Waals surface area contributed by atoms with Crippen LogP contribution in [0, 0.1) is 0 Å². The van der Waals surface area contributed by atoms with Crippen molar-refractivity contribution in [2.75, 3.05) is 0 Å². The third kappa shape index (κ3) is 1.97. The van der Waals surface area contributed by atoms with Crippen LogP contribution in [0.2, 0.25) is 0 Å². The Kier molecular flexibility index (Phi) is 2.57. The van der Waals surface area contributed by atoms with E-state index in [1.807, 2.05) is 5.38 Å². The second-order valence-electron chi connectivity index (χ2n) is 2.59. The zero-order chi connectivity index (χ0) is 8.43. The summed E-state index contributed by atoms with van der Waals surface area (Å²) in [6, 6.07) is 0. The van der Waals surface area contributed by atoms with Gasteiger partial charge in [-0.05, 0) is 0 Å². The first-order valence-corrected chi connectivity index (χ1v) is 4.65. The molecule has 1 aromatic heterocycles. The molecule has 0 saturated carbocycles. The Labute approximate surface area is 75.4 Å². The van der Waals surface area contributed by atoms with Gasteiger partial charge in [-0.3, -0.25) is 0 Å². The van der Waals surface area contributed by atoms with Gasteiger partial charge in [0.05, 0.1) is 5.01 Å². The molecule has 2 N–H and O–H groups in total. The van der Waals surface area contributed by atoms with Crippen LogP contribution in [0.1, 0.15) is 30.5 Å². The summed E-state index contributed by atoms with van der Waals surface area (Å²) in [6.45, 7) is 4.20. The second kappa shape index (κ2) is 3.28. The summed E-state index contributed by atoms with van der Waals surface area (Å²) in [5, 5.41) is 2.99. The minimum atomic E-state index is 0.383. The van der Waals surface area contributed by atoms with E-state index in [0.717, 1.165) is 10.7 Å². The summed E-state index contributed by atoms with van der Waals surface area (Å²) < 4.78 is 0. The third-order valence-corrected chi connectivity index (χ3v) is 2.62. The fraction of sp³-hybridized carbons (Fsp3) is 0.429. The lowest BCUT2D eigenvalue weighted by molar-refractivity contribution is 0.851. The Hall–Kier alpha value is -0.480. The van der Waals surface area contributed by atoms with Gasteiger partial charge >= 0.3 is 0 Å². The predicted molar refractivity (Wildman–Crippen MR) is 52.1 cm³/mol. The van der Waals surface area contributed by atoms with E-state index in [1.54, 1.807) is 11.3 Å². The highest BCUT2D eigenvalue weighted by atomic mass is 32.1. The highest BCUT2D eigenvalue weighted by Gasteiger charge is 2.06. The number of thiazole rings is 1. The van der Waals surface area contributed by atoms with E-state index in [4.69, 9.17) is 18.0 Å². The fourth-order valence-corrected chi connectivity index (χ4v) is 1.68. The molecule has 0 saturated heterocycles. The normalized spacial score (nSPS) is 10.5. The van der Waals surface area contributed by atoms with E-state index in [2.05, 4.69) is 18.8 Å². The number of nitrogens with zero attached hydrogens (tertiary/aromatic N) is 1. The van der Waals surface area contributed by atoms with E-state index in [1.165, 1.54) is 0 Å². The van der Waals surface area contributed by atoms with Gasteiger partial charge in [0.25, 0.3) is 0 Å². The maximum absolute atomic E-state index is 5.40. The van der Waals surface area contributed by atoms with Crippen molar-refractivity contribution >= 4 is 28.5 Å². The predicted octanol–water partition coefficient (Wildman–Crippen LogP) is 1.90. The van der Waals surface area contributed by atoms with Crippen molar-refractivity contribution in [3.8, 4) is 0 Å². The standard InChI is InChI=1S/C7H10N2S2/c1-4(2)7-9-5(3-11-7)6(8)10/h3-4H,1-2H3,(H2,8,10). The molecule has 11 heavy (non-hydrogen) atoms. The molecule has 0 aliphatic rings. The SMILES string of the molecule is CC(C)c1nc(C(N)=S)cs1. The molecule has 0 aliphatic heterocycles. The number of thiocarbonyl (C=S) groups is 1. The van der Waals surface area contributed by atoms with Crippen LogP contribution in [-0.2, 0) is 0 Å². The molecule has 2 nitrogen and oxygen atoms in total. The smallest absolute Gasteiger partial charge is 0.123 e. The first kappa shape index (κ1) is 8.62. The van der Waals surface area contributed by atoms with Gasteiger partial charge in [-0.2, -0.15) is 0 Å². The summed E-state index contributed by atoms with van der Waals surface area (Å²) in [5.41, 5.74) is 6.15. The van der Waals surface area contributed by atoms with Gasteiger partial charge in [0.2, 0.25) is 0 Å². The van der Waals surface area contributed by atoms with Crippen molar-refractivity contribution in [1.29, 1.82) is 0 Å². The minimum absolute atomic E-state index is 0.383. The van der Waals surface area contributed by atoms with Crippen LogP contribution in [0.3, 0.4) is 0 Å². The molecule has 0 amide bonds. The molecule has 0 fully saturated rings. The van der Waals surface area contributed by atoms with Crippen LogP contribution in [0.15, 0.2) is 5.38 Å². The molecule has 0 unspecified atom stereocenters. The van der Waals surface area contributed by atoms with Crippen molar-refractivity contribution in [2.24, 2.45) is 5.73 Å². The van der Waals surface area contributed by atoms with Gasteiger partial charge in [-0.1, -0.05) is 26.1 Å². The average Bonchev–Trinajstić information content (AvgIpc) is 2.33. The van der Waals surface area contributed by atoms with Crippen LogP contribution in [-0.4, -0.2) is 9.97 Å². The molecule has 4 heteroatoms. The molecule has 1 rings (SSSR count). The molecule has 0 bridgehead atoms. The van der Waals surface area contributed by atoms with Crippen molar-refractivity contribution in [3.05, 3.63) is 16.1 Å². The van der Waals surface area contributed by atoms with E-state index in [9.17, 15) is 0 Å². The highest BCUT2D eigenvalue weighted by molar-refractivity contribution is 7.80. The molecule has 1 heterocycles. The molecule has 0 spiro atoms. The number of aromatic nitrogens is 1. The quantitative estimate of drug-likeness (QED) is 0.717. The van der Waals surface area contributed by atoms with Crippen molar-refractivity contribution in [1.82, 2.24) is 4.98 Å². The van der Waals surface area contributed by atoms with Gasteiger partial charge in [0.15, 0.2) is 0 Å². The maximum atomic E-state index is 5.40. The zero-order valence-electron chi connectivity index (χ0n) is 6.50. The van der Waals surface area contributed by atoms with Gasteiger partial charge in [0.1, 0.15) is 10.7 Å². The zero-order valence-corrected chi connectivity index (χ0v) is 8.13. The van der Waals surface area contributed by atoms with Crippen molar-refractivity contribution in [3.63, 3.8) is 0 Å². The monoisotopic (exact) mass is 186 g/mol. The van der Waals surface area contributed by atoms with Gasteiger partial charge in [-0.25, -0.2) is 4.98 Å². The Morgan fingerprint density at radius 2 is 2.36 bits per heavy atom. The molecule has 0 aliphatic carbocycles. The van der Waals surface area contributed by atoms with Gasteiger partial charge < -0.3 is 5.73 Å². The van der Waals surface area contributed by atoms with Crippen LogP contribution < -0.4 is 5.73 Å². The number of hydrogen-bond donors (Lipinski definition) is 1. The van der Waals surface area contributed by atoms with Crippen molar-refractivity contribution in [2.45, 2.75) is 19.8 Å². The lowest BCUT2D eigenvalue weighted by Gasteiger charge is -1.95. The fourth-order valence-electron chi connectivity index (χ4n) is 0.666. The van der Waals surface area contributed by atoms with Crippen LogP contribution >= 0.6 is 23.6 Å². The number of nitrogens with two attached hydrogens (primary N) is 1. The Balaban J connectivity index is 2.90. The molecular formula is C7H10N2S2. The average molecular weight is 186 g/mol. The first-order valence-electron chi connectivity index (χ1n) is 3.36. The molecule has 60 valence electrons. The summed E-state index contributed by atoms with van der Waals surface area (Å²) >= 11 is 6.39. The minimum Gasteiger partial charge on any atom is -0.388 e. The van der Waals surface area contributed by atoms with Crippen LogP contribution in [0.5, 0.6) is 0 Å². The topological polar surface area (TPSA) is 38.9 Å². The molecule has 0 radical (unpaired) electrons. The summed E-state index contributed by atoms with van der Waals surface area (Å²) in [4.78, 5) is 4.64. The van der Waals surface area contributed by atoms with Crippen LogP contribution in [0.25, 0.3) is 0 Å². The van der Waals surface area contributed by atoms with E-state index in [0.29, 0.717) is 10.9 Å². The Morgan fingerprint density at radius 3 is 2.64 bits per heavy atom. The van der Waals surface area contributed by atoms with Crippen molar-refractivity contribution < 1.29 is 0 Å². The lowest BCUT2D eigenvalue weighted by Crippen LogP contribution is -2.09. The molecule has 1 aromatic rings. The molecular weight excluding hydrogens is 176 g/mol. The Bertz CT molecular complexity index is 265. The van der Waals surface area contributed by atoms with E-state index in [-0.39, 0.29) is 0 Å². The van der Waals surface area contributed by atoms with Gasteiger partial charge in [0, 0.05) is 11.3 Å². The van der Waals surface area contributed by atoms with E-state index >= 15 is 0 Å². The highest BCUT2D eigenvalue weighted by Crippen LogP contribution is 2.18. The lowest BCUT2D eigenvalue weighted by atomic mass is 10.2. The second-order valence-corrected chi connectivity index (χ2v) is 3.92. The first-order chi connectivity index (χ1) is 5.11. The number of rotatable bonds is 2. The summed E-state index contributed by atoms with van der Waals surface area (Å²) in [7, 11) is 0. The molecule has 0 aromatic carbocycles. The molecule has 0 atom stereocenters. The Morgan fingerprint density at radius 1 is 1.73 bits per heavy atom. The summed E-state index contributed by atoms with van der Waals surface area (Å²) in [5.74, 6) is 0.461. The van der Waals surface area contributed by atoms with Gasteiger partial charge in [-0.15, -0.1) is 11.3 Å².